The fraction of sp³-hybridized carbons (Fsp3) is 1.00. The van der Waals surface area contributed by atoms with Crippen LogP contribution in [0.3, 0.4) is 0 Å². The molecule has 0 bridgehead atoms. The molecule has 1 aliphatic rings. The van der Waals surface area contributed by atoms with Gasteiger partial charge in [-0.25, -0.2) is 4.57 Å². The smallest absolute Gasteiger partial charge is 0.367 e. The fourth-order valence-electron chi connectivity index (χ4n) is 0.870. The van der Waals surface area contributed by atoms with Crippen LogP contribution in [-0.4, -0.2) is 28.9 Å². The highest BCUT2D eigenvalue weighted by molar-refractivity contribution is 7.32. The molecule has 0 amide bonds. The van der Waals surface area contributed by atoms with E-state index in [9.17, 15) is 4.57 Å². The highest BCUT2D eigenvalue weighted by atomic mass is 31.1. The average molecular weight is 166 g/mol. The van der Waals surface area contributed by atoms with E-state index in [2.05, 4.69) is 9.84 Å². The third kappa shape index (κ3) is 2.28. The number of nitrogens with one attached hydrogen (secondary N) is 1. The van der Waals surface area contributed by atoms with Crippen LogP contribution >= 0.6 is 8.25 Å². The molecule has 1 rings (SSSR count). The molecule has 0 aliphatic carbocycles. The van der Waals surface area contributed by atoms with E-state index < -0.39 is 20.6 Å². The molecule has 1 fully saturated rings. The molecule has 3 N–H and O–H groups in total. The van der Waals surface area contributed by atoms with Crippen molar-refractivity contribution in [3.05, 3.63) is 0 Å². The van der Waals surface area contributed by atoms with Gasteiger partial charge in [0.05, 0.1) is 6.10 Å². The summed E-state index contributed by atoms with van der Waals surface area (Å²) in [6, 6.07) is 0. The predicted molar refractivity (Wildman–Crippen MR) is 33.3 cm³/mol. The molecule has 59 valence electrons. The van der Waals surface area contributed by atoms with Gasteiger partial charge in [0.25, 0.3) is 0 Å². The zero-order chi connectivity index (χ0) is 7.56. The Morgan fingerprint density at radius 1 is 1.70 bits per heavy atom. The van der Waals surface area contributed by atoms with Crippen LogP contribution in [0.5, 0.6) is 0 Å². The molecule has 10 heavy (non-hydrogen) atoms. The summed E-state index contributed by atoms with van der Waals surface area (Å²) in [5, 5.41) is 11.6. The quantitative estimate of drug-likeness (QED) is 0.474. The van der Waals surface area contributed by atoms with Gasteiger partial charge in [-0.1, -0.05) is 0 Å². The Morgan fingerprint density at radius 3 is 2.80 bits per heavy atom. The van der Waals surface area contributed by atoms with Gasteiger partial charge < -0.3 is 5.11 Å². The van der Waals surface area contributed by atoms with Gasteiger partial charge in [0, 0.05) is 13.0 Å². The molecule has 6 heteroatoms. The van der Waals surface area contributed by atoms with Crippen LogP contribution in [-0.2, 0) is 9.09 Å². The predicted octanol–water partition coefficient (Wildman–Crippen LogP) is -0.667. The molecule has 0 aromatic carbocycles. The Bertz CT molecular complexity index is 141. The summed E-state index contributed by atoms with van der Waals surface area (Å²) in [5.74, 6) is 0. The van der Waals surface area contributed by atoms with Crippen molar-refractivity contribution in [1.82, 2.24) is 5.32 Å². The van der Waals surface area contributed by atoms with Gasteiger partial charge >= 0.3 is 8.25 Å². The molecule has 3 atom stereocenters. The highest BCUT2D eigenvalue weighted by Gasteiger charge is 2.23. The highest BCUT2D eigenvalue weighted by Crippen LogP contribution is 2.21. The van der Waals surface area contributed by atoms with Crippen LogP contribution in [0, 0.1) is 0 Å². The molecule has 1 radical (unpaired) electrons. The van der Waals surface area contributed by atoms with E-state index in [-0.39, 0.29) is 0 Å². The molecule has 1 heterocycles. The minimum Gasteiger partial charge on any atom is -0.392 e. The third-order valence-corrected chi connectivity index (χ3v) is 1.72. The van der Waals surface area contributed by atoms with Crippen molar-refractivity contribution in [2.75, 3.05) is 6.54 Å². The Morgan fingerprint density at radius 2 is 2.40 bits per heavy atom. The molecule has 0 saturated carbocycles. The van der Waals surface area contributed by atoms with Crippen molar-refractivity contribution in [3.63, 3.8) is 0 Å². The van der Waals surface area contributed by atoms with E-state index in [1.807, 2.05) is 0 Å². The number of hydrogen-bond donors (Lipinski definition) is 3. The van der Waals surface area contributed by atoms with Crippen LogP contribution in [0.1, 0.15) is 6.42 Å². The van der Waals surface area contributed by atoms with E-state index in [1.165, 1.54) is 0 Å². The molecule has 5 nitrogen and oxygen atoms in total. The number of rotatable bonds is 2. The van der Waals surface area contributed by atoms with Crippen LogP contribution in [0.25, 0.3) is 0 Å². The summed E-state index contributed by atoms with van der Waals surface area (Å²) in [5.41, 5.74) is 0. The SMILES string of the molecule is O=[P](O)O[C@@H]1C[C@@H](O)CN1. The lowest BCUT2D eigenvalue weighted by Gasteiger charge is -2.05. The van der Waals surface area contributed by atoms with Crippen molar-refractivity contribution in [1.29, 1.82) is 0 Å². The Kier molecular flexibility index (Phi) is 2.71. The maximum absolute atomic E-state index is 10.1. The molecular weight excluding hydrogens is 157 g/mol. The number of aliphatic hydroxyl groups excluding tert-OH is 1. The molecule has 0 spiro atoms. The first-order valence-corrected chi connectivity index (χ1v) is 4.06. The summed E-state index contributed by atoms with van der Waals surface area (Å²) in [6.07, 6.45) is -0.551. The van der Waals surface area contributed by atoms with Gasteiger partial charge in [-0.05, 0) is 0 Å². The van der Waals surface area contributed by atoms with Crippen LogP contribution in [0.2, 0.25) is 0 Å². The number of β-amino-alcohol motifs (C(OH)–C–C–N with tert-alkyl or cyclic N) is 1. The Hall–Kier alpha value is -0.0600. The van der Waals surface area contributed by atoms with Crippen molar-refractivity contribution in [3.8, 4) is 0 Å². The van der Waals surface area contributed by atoms with E-state index >= 15 is 0 Å². The second-order valence-corrected chi connectivity index (χ2v) is 2.82. The first kappa shape index (κ1) is 8.04. The van der Waals surface area contributed by atoms with Gasteiger partial charge in [0.1, 0.15) is 6.23 Å². The van der Waals surface area contributed by atoms with E-state index in [1.54, 1.807) is 0 Å². The standard InChI is InChI=1S/C4H9NO4P/c6-3-1-4(5-2-3)9-10(7)8/h3-6H,1-2H2,(H,7,8)/t3-,4-/m1/s1. The van der Waals surface area contributed by atoms with Gasteiger partial charge in [0.2, 0.25) is 0 Å². The van der Waals surface area contributed by atoms with Gasteiger partial charge in [-0.2, -0.15) is 0 Å². The second-order valence-electron chi connectivity index (χ2n) is 2.13. The third-order valence-electron chi connectivity index (χ3n) is 1.28. The maximum Gasteiger partial charge on any atom is 0.367 e. The average Bonchev–Trinajstić information content (AvgIpc) is 2.13. The van der Waals surface area contributed by atoms with E-state index in [0.717, 1.165) is 0 Å². The lowest BCUT2D eigenvalue weighted by atomic mass is 10.3. The largest absolute Gasteiger partial charge is 0.392 e. The summed E-state index contributed by atoms with van der Waals surface area (Å²) in [6.45, 7) is 0.424. The van der Waals surface area contributed by atoms with Gasteiger partial charge in [0.15, 0.2) is 0 Å². The zero-order valence-corrected chi connectivity index (χ0v) is 6.12. The van der Waals surface area contributed by atoms with Crippen molar-refractivity contribution < 1.29 is 19.1 Å². The minimum atomic E-state index is -2.55. The normalized spacial score (nSPS) is 34.4. The lowest BCUT2D eigenvalue weighted by molar-refractivity contribution is 0.144. The molecule has 1 unspecified atom stereocenters. The summed E-state index contributed by atoms with van der Waals surface area (Å²) >= 11 is 0. The van der Waals surface area contributed by atoms with Crippen molar-refractivity contribution in [2.24, 2.45) is 0 Å². The van der Waals surface area contributed by atoms with Gasteiger partial charge in [-0.15, -0.1) is 0 Å². The molecule has 1 aliphatic heterocycles. The molecular formula is C4H9NO4P. The minimum absolute atomic E-state index is 0.377. The zero-order valence-electron chi connectivity index (χ0n) is 5.23. The van der Waals surface area contributed by atoms with E-state index in [0.29, 0.717) is 13.0 Å². The van der Waals surface area contributed by atoms with Crippen LogP contribution in [0.15, 0.2) is 0 Å². The van der Waals surface area contributed by atoms with Gasteiger partial charge in [-0.3, -0.25) is 14.7 Å². The second kappa shape index (κ2) is 3.37. The summed E-state index contributed by atoms with van der Waals surface area (Å²) in [7, 11) is -2.55. The van der Waals surface area contributed by atoms with Crippen molar-refractivity contribution >= 4 is 8.25 Å². The molecule has 0 aromatic rings. The Labute approximate surface area is 59.0 Å². The fourth-order valence-corrected chi connectivity index (χ4v) is 1.25. The maximum atomic E-state index is 10.1. The monoisotopic (exact) mass is 166 g/mol. The van der Waals surface area contributed by atoms with Crippen molar-refractivity contribution in [2.45, 2.75) is 18.8 Å². The summed E-state index contributed by atoms with van der Waals surface area (Å²) in [4.78, 5) is 8.26. The van der Waals surface area contributed by atoms with E-state index in [4.69, 9.17) is 10.00 Å². The first-order chi connectivity index (χ1) is 4.68. The van der Waals surface area contributed by atoms with Crippen LogP contribution in [0.4, 0.5) is 0 Å². The van der Waals surface area contributed by atoms with Crippen LogP contribution < -0.4 is 5.32 Å². The molecule has 0 aromatic heterocycles. The Balaban J connectivity index is 2.24. The number of aliphatic hydroxyl groups is 1. The lowest BCUT2D eigenvalue weighted by Crippen LogP contribution is -2.22. The molecule has 1 saturated heterocycles. The number of hydrogen-bond acceptors (Lipinski definition) is 4. The first-order valence-electron chi connectivity index (χ1n) is 2.93. The topological polar surface area (TPSA) is 78.8 Å². The summed E-state index contributed by atoms with van der Waals surface area (Å²) < 4.78 is 14.5.